The average molecular weight is 164 g/mol. The van der Waals surface area contributed by atoms with Crippen LogP contribution in [-0.2, 0) is 4.74 Å². The highest BCUT2D eigenvalue weighted by molar-refractivity contribution is 4.24. The van der Waals surface area contributed by atoms with Crippen molar-refractivity contribution in [1.82, 2.24) is 0 Å². The summed E-state index contributed by atoms with van der Waals surface area (Å²) >= 11 is 0. The van der Waals surface area contributed by atoms with Crippen molar-refractivity contribution in [1.29, 1.82) is 0 Å². The van der Waals surface area contributed by atoms with Crippen molar-refractivity contribution >= 4 is 0 Å². The molecule has 3 nitrogen and oxygen atoms in total. The maximum atomic E-state index is 8.09. The van der Waals surface area contributed by atoms with Crippen molar-refractivity contribution in [3.8, 4) is 0 Å². The van der Waals surface area contributed by atoms with Gasteiger partial charge in [0.2, 0.25) is 0 Å². The molecule has 0 fully saturated rings. The minimum absolute atomic E-state index is 0.0278. The van der Waals surface area contributed by atoms with E-state index >= 15 is 0 Å². The van der Waals surface area contributed by atoms with E-state index in [1.165, 1.54) is 12.8 Å². The molecule has 0 aliphatic rings. The molecule has 0 spiro atoms. The van der Waals surface area contributed by atoms with E-state index in [2.05, 4.69) is 18.6 Å². The number of aliphatic hydroxyl groups is 2. The predicted octanol–water partition coefficient (Wildman–Crippen LogP) is 0.794. The molecule has 0 amide bonds. The quantitative estimate of drug-likeness (QED) is 0.591. The number of hydrogen-bond acceptors (Lipinski definition) is 3. The average Bonchev–Trinajstić information content (AvgIpc) is 2.06. The molecule has 0 radical (unpaired) electrons. The van der Waals surface area contributed by atoms with Gasteiger partial charge in [-0.15, -0.1) is 0 Å². The Bertz CT molecular complexity index is 42.6. The number of rotatable bonds is 5. The van der Waals surface area contributed by atoms with Crippen molar-refractivity contribution in [2.24, 2.45) is 0 Å². The van der Waals surface area contributed by atoms with E-state index in [1.807, 2.05) is 0 Å². The van der Waals surface area contributed by atoms with Gasteiger partial charge in [-0.05, 0) is 0 Å². The van der Waals surface area contributed by atoms with Gasteiger partial charge in [-0.25, -0.2) is 0 Å². The van der Waals surface area contributed by atoms with Gasteiger partial charge in [0.05, 0.1) is 26.4 Å². The lowest BCUT2D eigenvalue weighted by atomic mass is 10.4. The van der Waals surface area contributed by atoms with Gasteiger partial charge in [0, 0.05) is 0 Å². The molecule has 0 heterocycles. The topological polar surface area (TPSA) is 49.7 Å². The molecule has 0 aliphatic carbocycles. The second-order valence-corrected chi connectivity index (χ2v) is 2.06. The molecule has 3 heteroatoms. The molecule has 0 aromatic rings. The lowest BCUT2D eigenvalue weighted by Gasteiger charge is -1.94. The molecular formula is C8H20O3. The van der Waals surface area contributed by atoms with E-state index in [4.69, 9.17) is 10.2 Å². The largest absolute Gasteiger partial charge is 0.394 e. The third-order valence-electron chi connectivity index (χ3n) is 0.971. The zero-order chi connectivity index (χ0) is 8.95. The van der Waals surface area contributed by atoms with Crippen LogP contribution in [0.1, 0.15) is 26.7 Å². The molecule has 0 unspecified atom stereocenters. The predicted molar refractivity (Wildman–Crippen MR) is 45.6 cm³/mol. The zero-order valence-electron chi connectivity index (χ0n) is 7.55. The van der Waals surface area contributed by atoms with Gasteiger partial charge < -0.3 is 14.9 Å². The first-order valence-electron chi connectivity index (χ1n) is 4.12. The summed E-state index contributed by atoms with van der Waals surface area (Å²) in [5.74, 6) is 0. The second-order valence-electron chi connectivity index (χ2n) is 2.06. The molecule has 0 aromatic carbocycles. The normalized spacial score (nSPS) is 8.73. The summed E-state index contributed by atoms with van der Waals surface area (Å²) in [6.07, 6.45) is 2.64. The van der Waals surface area contributed by atoms with Gasteiger partial charge in [0.15, 0.2) is 0 Å². The molecule has 11 heavy (non-hydrogen) atoms. The molecule has 0 aliphatic heterocycles. The Morgan fingerprint density at radius 1 is 0.909 bits per heavy atom. The molecular weight excluding hydrogens is 144 g/mol. The fourth-order valence-electron chi connectivity index (χ4n) is 0.231. The lowest BCUT2D eigenvalue weighted by molar-refractivity contribution is 0.0650. The monoisotopic (exact) mass is 164 g/mol. The Morgan fingerprint density at radius 3 is 1.45 bits per heavy atom. The Morgan fingerprint density at radius 2 is 1.27 bits per heavy atom. The minimum Gasteiger partial charge on any atom is -0.394 e. The molecule has 0 saturated heterocycles. The van der Waals surface area contributed by atoms with Crippen LogP contribution in [0.4, 0.5) is 0 Å². The SMILES string of the molecule is CCCC.OCCOCCO. The Kier molecular flexibility index (Phi) is 20.2. The standard InChI is InChI=1S/C4H10O3.C4H10/c5-1-3-7-4-2-6;1-3-4-2/h5-6H,1-4H2;3-4H2,1-2H3. The third-order valence-corrected chi connectivity index (χ3v) is 0.971. The summed E-state index contributed by atoms with van der Waals surface area (Å²) in [6.45, 7) is 5.06. The van der Waals surface area contributed by atoms with Gasteiger partial charge in [-0.1, -0.05) is 26.7 Å². The molecule has 0 bridgehead atoms. The highest BCUT2D eigenvalue weighted by Crippen LogP contribution is 1.76. The summed E-state index contributed by atoms with van der Waals surface area (Å²) in [5, 5.41) is 16.2. The Labute approximate surface area is 69.0 Å². The summed E-state index contributed by atoms with van der Waals surface area (Å²) in [7, 11) is 0. The van der Waals surface area contributed by atoms with Crippen LogP contribution in [0.25, 0.3) is 0 Å². The first kappa shape index (κ1) is 13.5. The van der Waals surface area contributed by atoms with E-state index in [1.54, 1.807) is 0 Å². The highest BCUT2D eigenvalue weighted by Gasteiger charge is 1.79. The van der Waals surface area contributed by atoms with E-state index < -0.39 is 0 Å². The number of ether oxygens (including phenoxy) is 1. The van der Waals surface area contributed by atoms with Gasteiger partial charge in [0.25, 0.3) is 0 Å². The van der Waals surface area contributed by atoms with Crippen LogP contribution in [0.2, 0.25) is 0 Å². The molecule has 0 saturated carbocycles. The zero-order valence-corrected chi connectivity index (χ0v) is 7.55. The molecule has 0 rings (SSSR count). The van der Waals surface area contributed by atoms with Crippen LogP contribution in [0, 0.1) is 0 Å². The maximum absolute atomic E-state index is 8.09. The van der Waals surface area contributed by atoms with Crippen molar-refractivity contribution in [3.05, 3.63) is 0 Å². The fraction of sp³-hybridized carbons (Fsp3) is 1.00. The van der Waals surface area contributed by atoms with Gasteiger partial charge in [-0.3, -0.25) is 0 Å². The molecule has 70 valence electrons. The van der Waals surface area contributed by atoms with E-state index in [0.29, 0.717) is 13.2 Å². The molecule has 0 aromatic heterocycles. The summed E-state index contributed by atoms with van der Waals surface area (Å²) in [6, 6.07) is 0. The van der Waals surface area contributed by atoms with Crippen molar-refractivity contribution in [2.75, 3.05) is 26.4 Å². The molecule has 0 atom stereocenters. The van der Waals surface area contributed by atoms with Crippen LogP contribution in [-0.4, -0.2) is 36.6 Å². The van der Waals surface area contributed by atoms with Gasteiger partial charge in [0.1, 0.15) is 0 Å². The first-order valence-corrected chi connectivity index (χ1v) is 4.12. The van der Waals surface area contributed by atoms with E-state index in [9.17, 15) is 0 Å². The number of aliphatic hydroxyl groups excluding tert-OH is 2. The van der Waals surface area contributed by atoms with Gasteiger partial charge in [-0.2, -0.15) is 0 Å². The fourth-order valence-corrected chi connectivity index (χ4v) is 0.231. The summed E-state index contributed by atoms with van der Waals surface area (Å²) in [5.41, 5.74) is 0. The summed E-state index contributed by atoms with van der Waals surface area (Å²) in [4.78, 5) is 0. The molecule has 2 N–H and O–H groups in total. The van der Waals surface area contributed by atoms with Crippen LogP contribution in [0.15, 0.2) is 0 Å². The first-order chi connectivity index (χ1) is 5.33. The minimum atomic E-state index is 0.0278. The third kappa shape index (κ3) is 25.8. The Hall–Kier alpha value is -0.120. The number of hydrogen-bond donors (Lipinski definition) is 2. The second kappa shape index (κ2) is 16.5. The van der Waals surface area contributed by atoms with E-state index in [-0.39, 0.29) is 13.2 Å². The van der Waals surface area contributed by atoms with Crippen LogP contribution in [0.5, 0.6) is 0 Å². The van der Waals surface area contributed by atoms with Crippen molar-refractivity contribution in [2.45, 2.75) is 26.7 Å². The van der Waals surface area contributed by atoms with Gasteiger partial charge >= 0.3 is 0 Å². The van der Waals surface area contributed by atoms with Crippen LogP contribution in [0.3, 0.4) is 0 Å². The summed E-state index contributed by atoms with van der Waals surface area (Å²) < 4.78 is 4.63. The maximum Gasteiger partial charge on any atom is 0.0698 e. The Balaban J connectivity index is 0. The number of unbranched alkanes of at least 4 members (excludes halogenated alkanes) is 1. The van der Waals surface area contributed by atoms with Crippen molar-refractivity contribution in [3.63, 3.8) is 0 Å². The lowest BCUT2D eigenvalue weighted by Crippen LogP contribution is -2.03. The van der Waals surface area contributed by atoms with E-state index in [0.717, 1.165) is 0 Å². The van der Waals surface area contributed by atoms with Crippen molar-refractivity contribution < 1.29 is 14.9 Å². The van der Waals surface area contributed by atoms with Crippen LogP contribution >= 0.6 is 0 Å². The van der Waals surface area contributed by atoms with Crippen LogP contribution < -0.4 is 0 Å². The highest BCUT2D eigenvalue weighted by atomic mass is 16.5. The smallest absolute Gasteiger partial charge is 0.0698 e.